The summed E-state index contributed by atoms with van der Waals surface area (Å²) in [5.41, 5.74) is 0. The van der Waals surface area contributed by atoms with Crippen molar-refractivity contribution in [1.82, 2.24) is 10.6 Å². The van der Waals surface area contributed by atoms with Crippen LogP contribution < -0.4 is 10.6 Å². The number of ether oxygens (including phenoxy) is 1. The molecule has 114 valence electrons. The molecular weight excluding hydrogens is 256 g/mol. The third kappa shape index (κ3) is 5.12. The Labute approximate surface area is 120 Å². The first-order chi connectivity index (χ1) is 9.75. The van der Waals surface area contributed by atoms with E-state index in [1.165, 1.54) is 32.1 Å². The summed E-state index contributed by atoms with van der Waals surface area (Å²) in [6, 6.07) is 0. The molecule has 1 saturated carbocycles. The monoisotopic (exact) mass is 282 g/mol. The van der Waals surface area contributed by atoms with E-state index in [4.69, 9.17) is 4.74 Å². The summed E-state index contributed by atoms with van der Waals surface area (Å²) in [5, 5.41) is 5.35. The summed E-state index contributed by atoms with van der Waals surface area (Å²) < 4.78 is 5.40. The predicted octanol–water partition coefficient (Wildman–Crippen LogP) is 1.37. The molecule has 1 heterocycles. The highest BCUT2D eigenvalue weighted by Crippen LogP contribution is 2.25. The highest BCUT2D eigenvalue weighted by atomic mass is 16.5. The number of carbonyl (C=O) groups is 2. The first-order valence-electron chi connectivity index (χ1n) is 7.93. The van der Waals surface area contributed by atoms with Gasteiger partial charge in [0.2, 0.25) is 0 Å². The van der Waals surface area contributed by atoms with Crippen LogP contribution in [0.1, 0.15) is 51.4 Å². The molecule has 0 spiro atoms. The number of hydrogen-bond donors (Lipinski definition) is 2. The number of carbonyl (C=O) groups excluding carboxylic acids is 2. The van der Waals surface area contributed by atoms with Crippen LogP contribution in [-0.2, 0) is 14.3 Å². The van der Waals surface area contributed by atoms with Crippen LogP contribution in [-0.4, -0.2) is 37.6 Å². The minimum Gasteiger partial charge on any atom is -0.376 e. The molecule has 1 saturated heterocycles. The Balaban J connectivity index is 1.54. The molecule has 5 heteroatoms. The SMILES string of the molecule is O=C(NCCC1CCCCC1)C(=O)NC[C@H]1CCCO1. The van der Waals surface area contributed by atoms with Gasteiger partial charge in [-0.3, -0.25) is 9.59 Å². The Morgan fingerprint density at radius 3 is 2.40 bits per heavy atom. The third-order valence-electron chi connectivity index (χ3n) is 4.28. The Hall–Kier alpha value is -1.10. The summed E-state index contributed by atoms with van der Waals surface area (Å²) in [5.74, 6) is -0.332. The number of hydrogen-bond acceptors (Lipinski definition) is 3. The third-order valence-corrected chi connectivity index (χ3v) is 4.28. The molecule has 0 radical (unpaired) electrons. The zero-order valence-corrected chi connectivity index (χ0v) is 12.2. The van der Waals surface area contributed by atoms with E-state index < -0.39 is 11.8 Å². The fraction of sp³-hybridized carbons (Fsp3) is 0.867. The second-order valence-corrected chi connectivity index (χ2v) is 5.89. The highest BCUT2D eigenvalue weighted by molar-refractivity contribution is 6.35. The summed E-state index contributed by atoms with van der Waals surface area (Å²) in [6.07, 6.45) is 9.55. The first-order valence-corrected chi connectivity index (χ1v) is 7.93. The van der Waals surface area contributed by atoms with Crippen LogP contribution in [0.15, 0.2) is 0 Å². The molecule has 0 aromatic carbocycles. The molecule has 1 atom stereocenters. The fourth-order valence-electron chi connectivity index (χ4n) is 3.04. The van der Waals surface area contributed by atoms with Gasteiger partial charge in [-0.2, -0.15) is 0 Å². The van der Waals surface area contributed by atoms with Crippen molar-refractivity contribution in [3.8, 4) is 0 Å². The van der Waals surface area contributed by atoms with Crippen LogP contribution in [0.2, 0.25) is 0 Å². The van der Waals surface area contributed by atoms with E-state index in [0.29, 0.717) is 13.1 Å². The van der Waals surface area contributed by atoms with Gasteiger partial charge in [0.15, 0.2) is 0 Å². The van der Waals surface area contributed by atoms with E-state index in [1.54, 1.807) is 0 Å². The molecule has 2 fully saturated rings. The highest BCUT2D eigenvalue weighted by Gasteiger charge is 2.19. The second kappa shape index (κ2) is 8.25. The zero-order chi connectivity index (χ0) is 14.2. The van der Waals surface area contributed by atoms with Crippen LogP contribution >= 0.6 is 0 Å². The number of amides is 2. The zero-order valence-electron chi connectivity index (χ0n) is 12.2. The topological polar surface area (TPSA) is 67.4 Å². The average Bonchev–Trinajstić information content (AvgIpc) is 2.99. The maximum atomic E-state index is 11.6. The first kappa shape index (κ1) is 15.3. The van der Waals surface area contributed by atoms with E-state index in [0.717, 1.165) is 31.8 Å². The van der Waals surface area contributed by atoms with Crippen molar-refractivity contribution in [1.29, 1.82) is 0 Å². The summed E-state index contributed by atoms with van der Waals surface area (Å²) in [6.45, 7) is 1.81. The smallest absolute Gasteiger partial charge is 0.309 e. The second-order valence-electron chi connectivity index (χ2n) is 5.89. The van der Waals surface area contributed by atoms with E-state index in [1.807, 2.05) is 0 Å². The van der Waals surface area contributed by atoms with Crippen LogP contribution in [0.3, 0.4) is 0 Å². The molecule has 0 aromatic rings. The van der Waals surface area contributed by atoms with Crippen LogP contribution in [0.5, 0.6) is 0 Å². The van der Waals surface area contributed by atoms with Gasteiger partial charge < -0.3 is 15.4 Å². The largest absolute Gasteiger partial charge is 0.376 e. The maximum Gasteiger partial charge on any atom is 0.309 e. The molecule has 2 N–H and O–H groups in total. The number of nitrogens with one attached hydrogen (secondary N) is 2. The number of rotatable bonds is 5. The molecular formula is C15H26N2O3. The van der Waals surface area contributed by atoms with Crippen molar-refractivity contribution in [2.24, 2.45) is 5.92 Å². The minimum absolute atomic E-state index is 0.0778. The average molecular weight is 282 g/mol. The lowest BCUT2D eigenvalue weighted by atomic mass is 9.87. The van der Waals surface area contributed by atoms with E-state index in [9.17, 15) is 9.59 Å². The van der Waals surface area contributed by atoms with Crippen molar-refractivity contribution < 1.29 is 14.3 Å². The van der Waals surface area contributed by atoms with Gasteiger partial charge in [0, 0.05) is 19.7 Å². The Kier molecular flexibility index (Phi) is 6.30. The molecule has 20 heavy (non-hydrogen) atoms. The molecule has 1 aliphatic carbocycles. The molecule has 2 amide bonds. The molecule has 2 aliphatic rings. The summed E-state index contributed by atoms with van der Waals surface area (Å²) >= 11 is 0. The standard InChI is InChI=1S/C15H26N2O3/c18-14(15(19)17-11-13-7-4-10-20-13)16-9-8-12-5-2-1-3-6-12/h12-13H,1-11H2,(H,16,18)(H,17,19)/t13-/m1/s1. The van der Waals surface area contributed by atoms with Crippen molar-refractivity contribution >= 4 is 11.8 Å². The van der Waals surface area contributed by atoms with Gasteiger partial charge in [0.05, 0.1) is 6.10 Å². The van der Waals surface area contributed by atoms with E-state index >= 15 is 0 Å². The fourth-order valence-corrected chi connectivity index (χ4v) is 3.04. The molecule has 2 rings (SSSR count). The Bertz CT molecular complexity index is 321. The van der Waals surface area contributed by atoms with Gasteiger partial charge in [-0.1, -0.05) is 32.1 Å². The van der Waals surface area contributed by atoms with Crippen molar-refractivity contribution in [3.05, 3.63) is 0 Å². The predicted molar refractivity (Wildman–Crippen MR) is 76.2 cm³/mol. The summed E-state index contributed by atoms with van der Waals surface area (Å²) in [7, 11) is 0. The normalized spacial score (nSPS) is 23.5. The lowest BCUT2D eigenvalue weighted by molar-refractivity contribution is -0.139. The lowest BCUT2D eigenvalue weighted by Crippen LogP contribution is -2.43. The van der Waals surface area contributed by atoms with E-state index in [-0.39, 0.29) is 6.10 Å². The van der Waals surface area contributed by atoms with E-state index in [2.05, 4.69) is 10.6 Å². The minimum atomic E-state index is -0.538. The van der Waals surface area contributed by atoms with Gasteiger partial charge in [-0.15, -0.1) is 0 Å². The maximum absolute atomic E-state index is 11.6. The van der Waals surface area contributed by atoms with Crippen molar-refractivity contribution in [3.63, 3.8) is 0 Å². The molecule has 0 aromatic heterocycles. The molecule has 5 nitrogen and oxygen atoms in total. The molecule has 0 unspecified atom stereocenters. The lowest BCUT2D eigenvalue weighted by Gasteiger charge is -2.21. The van der Waals surface area contributed by atoms with Crippen LogP contribution in [0.25, 0.3) is 0 Å². The van der Waals surface area contributed by atoms with Gasteiger partial charge >= 0.3 is 11.8 Å². The Morgan fingerprint density at radius 2 is 1.70 bits per heavy atom. The van der Waals surface area contributed by atoms with Gasteiger partial charge in [-0.25, -0.2) is 0 Å². The van der Waals surface area contributed by atoms with Gasteiger partial charge in [0.25, 0.3) is 0 Å². The van der Waals surface area contributed by atoms with Crippen LogP contribution in [0.4, 0.5) is 0 Å². The van der Waals surface area contributed by atoms with Gasteiger partial charge in [0.1, 0.15) is 0 Å². The summed E-state index contributed by atoms with van der Waals surface area (Å²) in [4.78, 5) is 23.2. The van der Waals surface area contributed by atoms with Gasteiger partial charge in [-0.05, 0) is 25.2 Å². The molecule has 1 aliphatic heterocycles. The van der Waals surface area contributed by atoms with Crippen molar-refractivity contribution in [2.45, 2.75) is 57.5 Å². The van der Waals surface area contributed by atoms with Crippen LogP contribution in [0, 0.1) is 5.92 Å². The molecule has 0 bridgehead atoms. The van der Waals surface area contributed by atoms with Crippen molar-refractivity contribution in [2.75, 3.05) is 19.7 Å². The Morgan fingerprint density at radius 1 is 0.950 bits per heavy atom. The quantitative estimate of drug-likeness (QED) is 0.748.